The molecule has 0 radical (unpaired) electrons. The molecule has 0 bridgehead atoms. The third kappa shape index (κ3) is 5.62. The van der Waals surface area contributed by atoms with E-state index in [1.165, 1.54) is 28.8 Å². The summed E-state index contributed by atoms with van der Waals surface area (Å²) in [4.78, 5) is 28.4. The molecule has 3 aromatic carbocycles. The van der Waals surface area contributed by atoms with Crippen LogP contribution in [-0.4, -0.2) is 53.1 Å². The maximum atomic E-state index is 15.3. The minimum atomic E-state index is -0.713. The van der Waals surface area contributed by atoms with E-state index in [2.05, 4.69) is 5.32 Å². The van der Waals surface area contributed by atoms with Gasteiger partial charge < -0.3 is 10.1 Å². The number of ether oxygens (including phenoxy) is 1. The maximum absolute atomic E-state index is 15.3. The molecule has 2 amide bonds. The lowest BCUT2D eigenvalue weighted by atomic mass is 9.99. The molecule has 2 atom stereocenters. The van der Waals surface area contributed by atoms with Gasteiger partial charge in [0.05, 0.1) is 28.5 Å². The van der Waals surface area contributed by atoms with Gasteiger partial charge in [-0.2, -0.15) is 5.10 Å². The van der Waals surface area contributed by atoms with E-state index in [-0.39, 0.29) is 35.8 Å². The van der Waals surface area contributed by atoms with Crippen molar-refractivity contribution < 1.29 is 23.1 Å². The molecule has 1 N–H and O–H groups in total. The first-order valence-corrected chi connectivity index (χ1v) is 14.5. The molecule has 4 aromatic rings. The molecule has 2 aliphatic rings. The van der Waals surface area contributed by atoms with Gasteiger partial charge in [-0.1, -0.05) is 54.6 Å². The summed E-state index contributed by atoms with van der Waals surface area (Å²) in [5.74, 6) is -1.68. The molecule has 41 heavy (non-hydrogen) atoms. The van der Waals surface area contributed by atoms with Crippen molar-refractivity contribution in [2.24, 2.45) is 0 Å². The Morgan fingerprint density at radius 3 is 2.51 bits per heavy atom. The van der Waals surface area contributed by atoms with Gasteiger partial charge in [0.15, 0.2) is 0 Å². The summed E-state index contributed by atoms with van der Waals surface area (Å²) in [6.07, 6.45) is 1.77. The van der Waals surface area contributed by atoms with Gasteiger partial charge in [-0.3, -0.25) is 14.5 Å². The van der Waals surface area contributed by atoms with Gasteiger partial charge in [0.1, 0.15) is 24.0 Å². The maximum Gasteiger partial charge on any atom is 0.240 e. The number of hydrogen-bond acceptors (Lipinski definition) is 5. The van der Waals surface area contributed by atoms with Gasteiger partial charge in [-0.05, 0) is 31.0 Å². The monoisotopic (exact) mass is 574 g/mol. The lowest BCUT2D eigenvalue weighted by Crippen LogP contribution is -2.44. The Morgan fingerprint density at radius 1 is 1.05 bits per heavy atom. The molecule has 6 rings (SSSR count). The van der Waals surface area contributed by atoms with Crippen LogP contribution in [0.4, 0.5) is 14.6 Å². The average molecular weight is 575 g/mol. The quantitative estimate of drug-likeness (QED) is 0.325. The van der Waals surface area contributed by atoms with Crippen LogP contribution in [0.1, 0.15) is 29.2 Å². The van der Waals surface area contributed by atoms with Crippen molar-refractivity contribution in [2.75, 3.05) is 30.3 Å². The average Bonchev–Trinajstić information content (AvgIpc) is 3.62. The Labute approximate surface area is 240 Å². The minimum Gasteiger partial charge on any atom is -0.376 e. The van der Waals surface area contributed by atoms with Crippen LogP contribution in [0.25, 0.3) is 16.9 Å². The summed E-state index contributed by atoms with van der Waals surface area (Å²) < 4.78 is 36.5. The van der Waals surface area contributed by atoms with E-state index < -0.39 is 16.9 Å². The van der Waals surface area contributed by atoms with E-state index in [4.69, 9.17) is 9.84 Å². The number of carbonyl (C=O) groups is 2. The van der Waals surface area contributed by atoms with E-state index in [1.807, 2.05) is 60.7 Å². The Kier molecular flexibility index (Phi) is 7.84. The Hall–Kier alpha value is -4.02. The highest BCUT2D eigenvalue weighted by Gasteiger charge is 2.38. The number of benzene rings is 3. The van der Waals surface area contributed by atoms with Crippen molar-refractivity contribution in [3.63, 3.8) is 0 Å². The Balaban J connectivity index is 1.52. The van der Waals surface area contributed by atoms with Crippen LogP contribution in [-0.2, 0) is 14.3 Å². The minimum absolute atomic E-state index is 0.0157. The number of anilines is 1. The van der Waals surface area contributed by atoms with Crippen LogP contribution in [0.15, 0.2) is 78.9 Å². The number of aromatic nitrogens is 2. The standard InChI is InChI=1S/C31H28F2N4O3S/c32-21-13-14-24(25(33)16-21)30-28-29(20-8-3-1-4-9-20)35-37(22-10-5-2-6-11-22)31(28)36(27(39)19-41-30)18-26(38)34-17-23-12-7-15-40-23/h1-6,8-11,13-14,16,23,30H,7,12,15,17-19H2,(H,34,38)/t23-,30-/m1/s1. The number of rotatable bonds is 7. The summed E-state index contributed by atoms with van der Waals surface area (Å²) in [5, 5.41) is 7.17. The largest absolute Gasteiger partial charge is 0.376 e. The number of fused-ring (bicyclic) bond motifs is 1. The second-order valence-corrected chi connectivity index (χ2v) is 11.1. The number of nitrogens with one attached hydrogen (secondary N) is 1. The fourth-order valence-corrected chi connectivity index (χ4v) is 6.49. The molecule has 0 saturated carbocycles. The second kappa shape index (κ2) is 11.8. The van der Waals surface area contributed by atoms with Gasteiger partial charge in [0.2, 0.25) is 11.8 Å². The van der Waals surface area contributed by atoms with Crippen molar-refractivity contribution in [1.82, 2.24) is 15.1 Å². The van der Waals surface area contributed by atoms with E-state index in [9.17, 15) is 14.0 Å². The van der Waals surface area contributed by atoms with Crippen LogP contribution < -0.4 is 10.2 Å². The van der Waals surface area contributed by atoms with Crippen LogP contribution in [0.3, 0.4) is 0 Å². The highest BCUT2D eigenvalue weighted by atomic mass is 32.2. The zero-order valence-electron chi connectivity index (χ0n) is 22.1. The Morgan fingerprint density at radius 2 is 1.80 bits per heavy atom. The van der Waals surface area contributed by atoms with Crippen LogP contribution in [0.5, 0.6) is 0 Å². The molecule has 3 heterocycles. The van der Waals surface area contributed by atoms with Crippen molar-refractivity contribution in [3.8, 4) is 16.9 Å². The lowest BCUT2D eigenvalue weighted by Gasteiger charge is -2.23. The summed E-state index contributed by atoms with van der Waals surface area (Å²) in [7, 11) is 0. The van der Waals surface area contributed by atoms with Crippen molar-refractivity contribution in [3.05, 3.63) is 102 Å². The lowest BCUT2D eigenvalue weighted by molar-refractivity contribution is -0.123. The Bertz CT molecular complexity index is 1560. The molecule has 0 unspecified atom stereocenters. The number of halogens is 2. The fourth-order valence-electron chi connectivity index (χ4n) is 5.27. The second-order valence-electron chi connectivity index (χ2n) is 9.98. The molecular formula is C31H28F2N4O3S. The van der Waals surface area contributed by atoms with Gasteiger partial charge in [-0.15, -0.1) is 11.8 Å². The molecular weight excluding hydrogens is 546 g/mol. The molecule has 7 nitrogen and oxygen atoms in total. The first-order valence-electron chi connectivity index (χ1n) is 13.5. The van der Waals surface area contributed by atoms with Gasteiger partial charge in [0.25, 0.3) is 0 Å². The molecule has 0 aliphatic carbocycles. The van der Waals surface area contributed by atoms with E-state index in [0.717, 1.165) is 24.5 Å². The summed E-state index contributed by atoms with van der Waals surface area (Å²) in [6, 6.07) is 22.2. The highest BCUT2D eigenvalue weighted by molar-refractivity contribution is 8.00. The van der Waals surface area contributed by atoms with Crippen molar-refractivity contribution >= 4 is 29.4 Å². The van der Waals surface area contributed by atoms with Crippen LogP contribution >= 0.6 is 11.8 Å². The topological polar surface area (TPSA) is 76.5 Å². The zero-order valence-corrected chi connectivity index (χ0v) is 22.9. The summed E-state index contributed by atoms with van der Waals surface area (Å²) >= 11 is 1.23. The molecule has 2 aliphatic heterocycles. The van der Waals surface area contributed by atoms with Gasteiger partial charge in [0, 0.05) is 35.9 Å². The fraction of sp³-hybridized carbons (Fsp3) is 0.258. The molecule has 1 fully saturated rings. The van der Waals surface area contributed by atoms with Crippen LogP contribution in [0.2, 0.25) is 0 Å². The highest BCUT2D eigenvalue weighted by Crippen LogP contribution is 2.49. The number of nitrogens with zero attached hydrogens (tertiary/aromatic N) is 3. The third-order valence-corrected chi connectivity index (χ3v) is 8.47. The molecule has 0 spiro atoms. The number of para-hydroxylation sites is 1. The van der Waals surface area contributed by atoms with Crippen molar-refractivity contribution in [1.29, 1.82) is 0 Å². The van der Waals surface area contributed by atoms with E-state index in [1.54, 1.807) is 4.68 Å². The van der Waals surface area contributed by atoms with E-state index >= 15 is 4.39 Å². The number of carbonyl (C=O) groups excluding carboxylic acids is 2. The predicted octanol–water partition coefficient (Wildman–Crippen LogP) is 5.28. The number of hydrogen-bond donors (Lipinski definition) is 1. The summed E-state index contributed by atoms with van der Waals surface area (Å²) in [6.45, 7) is 0.787. The SMILES string of the molecule is O=C(CN1C(=O)CS[C@H](c2ccc(F)cc2F)c2c(-c3ccccc3)nn(-c3ccccc3)c21)NC[C@H]1CCCO1. The van der Waals surface area contributed by atoms with Gasteiger partial charge >= 0.3 is 0 Å². The molecule has 1 saturated heterocycles. The zero-order chi connectivity index (χ0) is 28.3. The summed E-state index contributed by atoms with van der Waals surface area (Å²) in [5.41, 5.74) is 2.80. The first-order chi connectivity index (χ1) is 20.0. The van der Waals surface area contributed by atoms with Crippen molar-refractivity contribution in [2.45, 2.75) is 24.2 Å². The van der Waals surface area contributed by atoms with E-state index in [0.29, 0.717) is 35.9 Å². The number of amides is 2. The molecule has 1 aromatic heterocycles. The third-order valence-electron chi connectivity index (χ3n) is 7.23. The first kappa shape index (κ1) is 27.2. The van der Waals surface area contributed by atoms with Gasteiger partial charge in [-0.25, -0.2) is 13.5 Å². The number of thioether (sulfide) groups is 1. The molecule has 10 heteroatoms. The predicted molar refractivity (Wildman–Crippen MR) is 154 cm³/mol. The smallest absolute Gasteiger partial charge is 0.240 e. The van der Waals surface area contributed by atoms with Crippen LogP contribution in [0, 0.1) is 11.6 Å². The normalized spacial score (nSPS) is 18.7. The molecule has 210 valence electrons.